The van der Waals surface area contributed by atoms with E-state index in [4.69, 9.17) is 4.74 Å². The minimum Gasteiger partial charge on any atom is -0.477 e. The molecule has 6 heteroatoms. The number of aryl methyl sites for hydroxylation is 1. The summed E-state index contributed by atoms with van der Waals surface area (Å²) < 4.78 is 7.44. The predicted molar refractivity (Wildman–Crippen MR) is 90.0 cm³/mol. The maximum absolute atomic E-state index is 12.8. The molecule has 4 rings (SSSR count). The molecule has 1 aromatic carbocycles. The molecule has 0 spiro atoms. The highest BCUT2D eigenvalue weighted by Gasteiger charge is 2.28. The van der Waals surface area contributed by atoms with E-state index in [1.807, 2.05) is 11.0 Å². The standard InChI is InChI=1S/C18H22N4O2/c23-17(16-13-19-22-7-4-12-24-18(16)22)21-10-8-20(9-11-21)14-15-5-2-1-3-6-15/h1-3,5-6,13H,4,7-12,14H2. The molecule has 1 fully saturated rings. The number of ether oxygens (including phenoxy) is 1. The number of carbonyl (C=O) groups is 1. The number of aromatic nitrogens is 2. The van der Waals surface area contributed by atoms with Crippen LogP contribution in [-0.4, -0.2) is 58.3 Å². The van der Waals surface area contributed by atoms with Crippen molar-refractivity contribution in [3.63, 3.8) is 0 Å². The monoisotopic (exact) mass is 326 g/mol. The summed E-state index contributed by atoms with van der Waals surface area (Å²) in [7, 11) is 0. The first-order valence-corrected chi connectivity index (χ1v) is 8.55. The molecule has 0 radical (unpaired) electrons. The molecule has 0 unspecified atom stereocenters. The van der Waals surface area contributed by atoms with Crippen molar-refractivity contribution < 1.29 is 9.53 Å². The Balaban J connectivity index is 1.37. The zero-order chi connectivity index (χ0) is 16.4. The maximum atomic E-state index is 12.8. The van der Waals surface area contributed by atoms with Crippen LogP contribution in [0, 0.1) is 0 Å². The van der Waals surface area contributed by atoms with Gasteiger partial charge >= 0.3 is 0 Å². The Morgan fingerprint density at radius 3 is 2.67 bits per heavy atom. The third-order valence-corrected chi connectivity index (χ3v) is 4.68. The average Bonchev–Trinajstić information content (AvgIpc) is 3.07. The number of hydrogen-bond acceptors (Lipinski definition) is 4. The van der Waals surface area contributed by atoms with Gasteiger partial charge in [0.1, 0.15) is 5.56 Å². The minimum atomic E-state index is 0.0394. The van der Waals surface area contributed by atoms with E-state index in [1.165, 1.54) is 5.56 Å². The van der Waals surface area contributed by atoms with Crippen molar-refractivity contribution >= 4 is 5.91 Å². The lowest BCUT2D eigenvalue weighted by Crippen LogP contribution is -2.48. The summed E-state index contributed by atoms with van der Waals surface area (Å²) in [5, 5.41) is 4.28. The van der Waals surface area contributed by atoms with Gasteiger partial charge in [-0.25, -0.2) is 4.68 Å². The number of hydrogen-bond donors (Lipinski definition) is 0. The quantitative estimate of drug-likeness (QED) is 0.860. The van der Waals surface area contributed by atoms with Gasteiger partial charge in [-0.1, -0.05) is 30.3 Å². The third-order valence-electron chi connectivity index (χ3n) is 4.68. The van der Waals surface area contributed by atoms with Gasteiger partial charge in [0.2, 0.25) is 5.88 Å². The van der Waals surface area contributed by atoms with E-state index in [2.05, 4.69) is 34.3 Å². The topological polar surface area (TPSA) is 50.6 Å². The van der Waals surface area contributed by atoms with Crippen molar-refractivity contribution in [2.24, 2.45) is 0 Å². The van der Waals surface area contributed by atoms with Crippen LogP contribution in [0.4, 0.5) is 0 Å². The average molecular weight is 326 g/mol. The molecule has 2 aliphatic rings. The van der Waals surface area contributed by atoms with Crippen LogP contribution < -0.4 is 4.74 Å². The molecule has 2 aromatic rings. The van der Waals surface area contributed by atoms with E-state index in [0.717, 1.165) is 45.7 Å². The molecule has 0 atom stereocenters. The summed E-state index contributed by atoms with van der Waals surface area (Å²) in [5.41, 5.74) is 1.92. The number of carbonyl (C=O) groups excluding carboxylic acids is 1. The summed E-state index contributed by atoms with van der Waals surface area (Å²) in [4.78, 5) is 17.1. The van der Waals surface area contributed by atoms with Gasteiger partial charge in [0.25, 0.3) is 5.91 Å². The largest absolute Gasteiger partial charge is 0.477 e. The lowest BCUT2D eigenvalue weighted by Gasteiger charge is -2.34. The fourth-order valence-corrected chi connectivity index (χ4v) is 3.34. The zero-order valence-corrected chi connectivity index (χ0v) is 13.7. The van der Waals surface area contributed by atoms with Crippen molar-refractivity contribution in [3.8, 4) is 5.88 Å². The number of benzene rings is 1. The highest BCUT2D eigenvalue weighted by atomic mass is 16.5. The van der Waals surface area contributed by atoms with Crippen LogP contribution in [0.25, 0.3) is 0 Å². The molecule has 6 nitrogen and oxygen atoms in total. The SMILES string of the molecule is O=C(c1cnn2c1OCCC2)N1CCN(Cc2ccccc2)CC1. The first-order valence-electron chi connectivity index (χ1n) is 8.55. The Kier molecular flexibility index (Phi) is 4.21. The highest BCUT2D eigenvalue weighted by molar-refractivity contribution is 5.96. The number of nitrogens with zero attached hydrogens (tertiary/aromatic N) is 4. The molecular formula is C18H22N4O2. The van der Waals surface area contributed by atoms with Crippen molar-refractivity contribution in [2.45, 2.75) is 19.5 Å². The first kappa shape index (κ1) is 15.2. The molecule has 0 N–H and O–H groups in total. The van der Waals surface area contributed by atoms with Gasteiger partial charge in [0.15, 0.2) is 0 Å². The molecule has 24 heavy (non-hydrogen) atoms. The van der Waals surface area contributed by atoms with Crippen molar-refractivity contribution in [2.75, 3.05) is 32.8 Å². The maximum Gasteiger partial charge on any atom is 0.261 e. The fraction of sp³-hybridized carbons (Fsp3) is 0.444. The lowest BCUT2D eigenvalue weighted by atomic mass is 10.2. The molecule has 126 valence electrons. The summed E-state index contributed by atoms with van der Waals surface area (Å²) in [6, 6.07) is 10.5. The summed E-state index contributed by atoms with van der Waals surface area (Å²) >= 11 is 0. The van der Waals surface area contributed by atoms with E-state index in [0.29, 0.717) is 18.1 Å². The second-order valence-electron chi connectivity index (χ2n) is 6.34. The van der Waals surface area contributed by atoms with Crippen LogP contribution in [0.2, 0.25) is 0 Å². The molecular weight excluding hydrogens is 304 g/mol. The lowest BCUT2D eigenvalue weighted by molar-refractivity contribution is 0.0622. The molecule has 1 saturated heterocycles. The van der Waals surface area contributed by atoms with Gasteiger partial charge in [-0.2, -0.15) is 5.10 Å². The van der Waals surface area contributed by atoms with E-state index >= 15 is 0 Å². The van der Waals surface area contributed by atoms with E-state index in [9.17, 15) is 4.79 Å². The number of rotatable bonds is 3. The van der Waals surface area contributed by atoms with Gasteiger partial charge < -0.3 is 9.64 Å². The van der Waals surface area contributed by atoms with E-state index < -0.39 is 0 Å². The molecule has 0 aliphatic carbocycles. The fourth-order valence-electron chi connectivity index (χ4n) is 3.34. The number of amides is 1. The van der Waals surface area contributed by atoms with Gasteiger partial charge in [-0.05, 0) is 5.56 Å². The van der Waals surface area contributed by atoms with E-state index in [1.54, 1.807) is 10.9 Å². The predicted octanol–water partition coefficient (Wildman–Crippen LogP) is 1.62. The van der Waals surface area contributed by atoms with Crippen molar-refractivity contribution in [3.05, 3.63) is 47.7 Å². The summed E-state index contributed by atoms with van der Waals surface area (Å²) in [5.74, 6) is 0.676. The molecule has 2 aliphatic heterocycles. The highest BCUT2D eigenvalue weighted by Crippen LogP contribution is 2.24. The zero-order valence-electron chi connectivity index (χ0n) is 13.7. The van der Waals surface area contributed by atoms with Crippen molar-refractivity contribution in [1.82, 2.24) is 19.6 Å². The van der Waals surface area contributed by atoms with Crippen LogP contribution in [-0.2, 0) is 13.1 Å². The Hall–Kier alpha value is -2.34. The molecule has 1 aromatic heterocycles. The van der Waals surface area contributed by atoms with Crippen molar-refractivity contribution in [1.29, 1.82) is 0 Å². The Labute approximate surface area is 141 Å². The van der Waals surface area contributed by atoms with Gasteiger partial charge in [0.05, 0.1) is 12.8 Å². The smallest absolute Gasteiger partial charge is 0.261 e. The Morgan fingerprint density at radius 1 is 1.08 bits per heavy atom. The molecule has 0 saturated carbocycles. The number of fused-ring (bicyclic) bond motifs is 1. The van der Waals surface area contributed by atoms with Gasteiger partial charge in [-0.3, -0.25) is 9.69 Å². The Bertz CT molecular complexity index is 705. The molecule has 0 bridgehead atoms. The third kappa shape index (κ3) is 3.01. The Morgan fingerprint density at radius 2 is 1.88 bits per heavy atom. The summed E-state index contributed by atoms with van der Waals surface area (Å²) in [6.07, 6.45) is 2.60. The number of piperazine rings is 1. The first-order chi connectivity index (χ1) is 11.8. The van der Waals surface area contributed by atoms with Gasteiger partial charge in [-0.15, -0.1) is 0 Å². The van der Waals surface area contributed by atoms with Crippen LogP contribution in [0.5, 0.6) is 5.88 Å². The van der Waals surface area contributed by atoms with Crippen LogP contribution >= 0.6 is 0 Å². The van der Waals surface area contributed by atoms with Crippen LogP contribution in [0.3, 0.4) is 0 Å². The summed E-state index contributed by atoms with van der Waals surface area (Å²) in [6.45, 7) is 5.71. The van der Waals surface area contributed by atoms with Crippen LogP contribution in [0.1, 0.15) is 22.3 Å². The second kappa shape index (κ2) is 6.65. The van der Waals surface area contributed by atoms with Gasteiger partial charge in [0, 0.05) is 45.7 Å². The normalized spacial score (nSPS) is 18.1. The minimum absolute atomic E-state index is 0.0394. The molecule has 1 amide bonds. The van der Waals surface area contributed by atoms with Crippen LogP contribution in [0.15, 0.2) is 36.5 Å². The van der Waals surface area contributed by atoms with E-state index in [-0.39, 0.29) is 5.91 Å². The second-order valence-corrected chi connectivity index (χ2v) is 6.34. The molecule has 3 heterocycles.